The average molecular weight is 271 g/mol. The molecule has 0 unspecified atom stereocenters. The van der Waals surface area contributed by atoms with E-state index < -0.39 is 0 Å². The number of halogens is 1. The number of rotatable bonds is 3. The Labute approximate surface area is 118 Å². The van der Waals surface area contributed by atoms with Crippen LogP contribution in [0.2, 0.25) is 5.02 Å². The van der Waals surface area contributed by atoms with Crippen molar-refractivity contribution in [2.24, 2.45) is 0 Å². The maximum absolute atomic E-state index is 9.13. The van der Waals surface area contributed by atoms with Gasteiger partial charge in [0, 0.05) is 10.7 Å². The minimum absolute atomic E-state index is 0.411. The van der Waals surface area contributed by atoms with E-state index in [4.69, 9.17) is 16.9 Å². The molecule has 2 nitrogen and oxygen atoms in total. The number of para-hydroxylation sites is 1. The number of hydrogen-bond acceptors (Lipinski definition) is 2. The molecule has 0 amide bonds. The Morgan fingerprint density at radius 1 is 1.11 bits per heavy atom. The summed E-state index contributed by atoms with van der Waals surface area (Å²) in [5, 5.41) is 13.1. The summed E-state index contributed by atoms with van der Waals surface area (Å²) in [5.41, 5.74) is 3.55. The molecular weight excluding hydrogens is 256 g/mol. The fraction of sp³-hybridized carbons (Fsp3) is 0.188. The molecule has 0 aliphatic rings. The Morgan fingerprint density at radius 3 is 2.53 bits per heavy atom. The van der Waals surface area contributed by atoms with Crippen molar-refractivity contribution in [2.45, 2.75) is 19.8 Å². The van der Waals surface area contributed by atoms with Gasteiger partial charge in [0.1, 0.15) is 6.07 Å². The van der Waals surface area contributed by atoms with Crippen molar-refractivity contribution in [2.75, 3.05) is 5.32 Å². The first kappa shape index (κ1) is 13.5. The van der Waals surface area contributed by atoms with Crippen molar-refractivity contribution < 1.29 is 0 Å². The first-order valence-corrected chi connectivity index (χ1v) is 6.55. The van der Waals surface area contributed by atoms with Gasteiger partial charge >= 0.3 is 0 Å². The molecule has 0 heterocycles. The van der Waals surface area contributed by atoms with Crippen molar-refractivity contribution in [1.29, 1.82) is 5.26 Å². The molecule has 0 aliphatic carbocycles. The molecule has 0 aromatic heterocycles. The Hall–Kier alpha value is -1.98. The van der Waals surface area contributed by atoms with Crippen LogP contribution in [0.4, 0.5) is 11.4 Å². The van der Waals surface area contributed by atoms with E-state index in [1.54, 1.807) is 18.2 Å². The van der Waals surface area contributed by atoms with Gasteiger partial charge in [-0.15, -0.1) is 0 Å². The molecule has 3 heteroatoms. The number of nitrogens with one attached hydrogen (secondary N) is 1. The summed E-state index contributed by atoms with van der Waals surface area (Å²) in [5.74, 6) is 0.411. The zero-order valence-corrected chi connectivity index (χ0v) is 11.7. The molecule has 1 N–H and O–H groups in total. The highest BCUT2D eigenvalue weighted by atomic mass is 35.5. The molecule has 2 aromatic rings. The van der Waals surface area contributed by atoms with Crippen LogP contribution in [0.5, 0.6) is 0 Å². The Kier molecular flexibility index (Phi) is 4.09. The van der Waals surface area contributed by atoms with Crippen molar-refractivity contribution in [3.8, 4) is 6.07 Å². The molecule has 2 aromatic carbocycles. The second-order valence-corrected chi connectivity index (χ2v) is 5.11. The smallest absolute Gasteiger partial charge is 0.101 e. The second kappa shape index (κ2) is 5.77. The number of nitrogens with zero attached hydrogens (tertiary/aromatic N) is 1. The van der Waals surface area contributed by atoms with Gasteiger partial charge in [-0.3, -0.25) is 0 Å². The van der Waals surface area contributed by atoms with Crippen molar-refractivity contribution in [3.63, 3.8) is 0 Å². The summed E-state index contributed by atoms with van der Waals surface area (Å²) >= 11 is 5.99. The Morgan fingerprint density at radius 2 is 1.84 bits per heavy atom. The maximum Gasteiger partial charge on any atom is 0.101 e. The highest BCUT2D eigenvalue weighted by Crippen LogP contribution is 2.29. The topological polar surface area (TPSA) is 35.8 Å². The molecule has 96 valence electrons. The fourth-order valence-corrected chi connectivity index (χ4v) is 2.15. The summed E-state index contributed by atoms with van der Waals surface area (Å²) in [6.45, 7) is 4.29. The summed E-state index contributed by atoms with van der Waals surface area (Å²) in [6, 6.07) is 15.5. The standard InChI is InChI=1S/C16H15ClN2/c1-11(2)14-5-3-4-6-15(14)19-16-9-13(17)8-7-12(16)10-18/h3-9,11,19H,1-2H3. The highest BCUT2D eigenvalue weighted by Gasteiger charge is 2.08. The van der Waals surface area contributed by atoms with E-state index in [-0.39, 0.29) is 0 Å². The van der Waals surface area contributed by atoms with Crippen molar-refractivity contribution >= 4 is 23.0 Å². The number of nitriles is 1. The third kappa shape index (κ3) is 3.07. The zero-order chi connectivity index (χ0) is 13.8. The molecule has 0 fully saturated rings. The molecule has 0 spiro atoms. The lowest BCUT2D eigenvalue weighted by Gasteiger charge is -2.15. The van der Waals surface area contributed by atoms with Crippen LogP contribution >= 0.6 is 11.6 Å². The van der Waals surface area contributed by atoms with Crippen LogP contribution < -0.4 is 5.32 Å². The quantitative estimate of drug-likeness (QED) is 0.844. The number of anilines is 2. The van der Waals surface area contributed by atoms with Gasteiger partial charge in [0.15, 0.2) is 0 Å². The Bertz CT molecular complexity index is 627. The molecule has 19 heavy (non-hydrogen) atoms. The number of benzene rings is 2. The van der Waals surface area contributed by atoms with Gasteiger partial charge in [0.25, 0.3) is 0 Å². The third-order valence-electron chi connectivity index (χ3n) is 2.95. The molecule has 0 aliphatic heterocycles. The summed E-state index contributed by atoms with van der Waals surface area (Å²) in [4.78, 5) is 0. The largest absolute Gasteiger partial charge is 0.354 e. The monoisotopic (exact) mass is 270 g/mol. The van der Waals surface area contributed by atoms with Crippen molar-refractivity contribution in [1.82, 2.24) is 0 Å². The normalized spacial score (nSPS) is 10.3. The minimum Gasteiger partial charge on any atom is -0.354 e. The lowest BCUT2D eigenvalue weighted by molar-refractivity contribution is 0.869. The van der Waals surface area contributed by atoms with Crippen LogP contribution in [0.15, 0.2) is 42.5 Å². The predicted molar refractivity (Wildman–Crippen MR) is 80.0 cm³/mol. The van der Waals surface area contributed by atoms with Crippen molar-refractivity contribution in [3.05, 3.63) is 58.6 Å². The van der Waals surface area contributed by atoms with Gasteiger partial charge in [0.2, 0.25) is 0 Å². The SMILES string of the molecule is CC(C)c1ccccc1Nc1cc(Cl)ccc1C#N. The molecule has 0 saturated carbocycles. The first-order valence-electron chi connectivity index (χ1n) is 6.17. The van der Waals surface area contributed by atoms with Gasteiger partial charge in [-0.25, -0.2) is 0 Å². The molecule has 0 saturated heterocycles. The van der Waals surface area contributed by atoms with Crippen LogP contribution in [0.1, 0.15) is 30.9 Å². The highest BCUT2D eigenvalue weighted by molar-refractivity contribution is 6.30. The van der Waals surface area contributed by atoms with Gasteiger partial charge in [-0.2, -0.15) is 5.26 Å². The minimum atomic E-state index is 0.411. The lowest BCUT2D eigenvalue weighted by atomic mass is 10.0. The second-order valence-electron chi connectivity index (χ2n) is 4.67. The van der Waals surface area contributed by atoms with Gasteiger partial charge in [-0.1, -0.05) is 43.6 Å². The summed E-state index contributed by atoms with van der Waals surface area (Å²) in [7, 11) is 0. The van der Waals surface area contributed by atoms with Crippen LogP contribution in [0.3, 0.4) is 0 Å². The van der Waals surface area contributed by atoms with E-state index in [0.29, 0.717) is 16.5 Å². The zero-order valence-electron chi connectivity index (χ0n) is 10.9. The van der Waals surface area contributed by atoms with E-state index in [1.807, 2.05) is 18.2 Å². The molecule has 0 bridgehead atoms. The van der Waals surface area contributed by atoms with Crippen LogP contribution in [0.25, 0.3) is 0 Å². The van der Waals surface area contributed by atoms with E-state index >= 15 is 0 Å². The summed E-state index contributed by atoms with van der Waals surface area (Å²) < 4.78 is 0. The van der Waals surface area contributed by atoms with E-state index in [2.05, 4.69) is 31.3 Å². The Balaban J connectivity index is 2.42. The van der Waals surface area contributed by atoms with Gasteiger partial charge in [-0.05, 0) is 35.7 Å². The predicted octanol–water partition coefficient (Wildman–Crippen LogP) is 5.08. The summed E-state index contributed by atoms with van der Waals surface area (Å²) in [6.07, 6.45) is 0. The third-order valence-corrected chi connectivity index (χ3v) is 3.19. The first-order chi connectivity index (χ1) is 9.11. The van der Waals surface area contributed by atoms with E-state index in [1.165, 1.54) is 5.56 Å². The van der Waals surface area contributed by atoms with Crippen LogP contribution in [-0.4, -0.2) is 0 Å². The van der Waals surface area contributed by atoms with E-state index in [0.717, 1.165) is 11.4 Å². The lowest BCUT2D eigenvalue weighted by Crippen LogP contribution is -1.99. The maximum atomic E-state index is 9.13. The van der Waals surface area contributed by atoms with E-state index in [9.17, 15) is 0 Å². The van der Waals surface area contributed by atoms with Crippen LogP contribution in [0, 0.1) is 11.3 Å². The molecular formula is C16H15ClN2. The average Bonchev–Trinajstić information content (AvgIpc) is 2.39. The fourth-order valence-electron chi connectivity index (χ4n) is 1.98. The molecule has 2 rings (SSSR count). The molecule has 0 radical (unpaired) electrons. The van der Waals surface area contributed by atoms with Crippen LogP contribution in [-0.2, 0) is 0 Å². The molecule has 0 atom stereocenters. The van der Waals surface area contributed by atoms with Gasteiger partial charge < -0.3 is 5.32 Å². The van der Waals surface area contributed by atoms with Gasteiger partial charge in [0.05, 0.1) is 11.3 Å². The number of hydrogen-bond donors (Lipinski definition) is 1.